The quantitative estimate of drug-likeness (QED) is 0.498. The maximum absolute atomic E-state index is 4.79. The Morgan fingerprint density at radius 1 is 0.905 bits per heavy atom. The van der Waals surface area contributed by atoms with Gasteiger partial charge in [0.05, 0.1) is 16.7 Å². The van der Waals surface area contributed by atoms with Crippen LogP contribution in [0.15, 0.2) is 48.7 Å². The molecule has 0 aliphatic heterocycles. The van der Waals surface area contributed by atoms with Gasteiger partial charge in [0, 0.05) is 22.7 Å². The van der Waals surface area contributed by atoms with Crippen LogP contribution in [0.2, 0.25) is 0 Å². The zero-order valence-corrected chi connectivity index (χ0v) is 11.9. The summed E-state index contributed by atoms with van der Waals surface area (Å²) in [4.78, 5) is 9.27. The third-order valence-electron chi connectivity index (χ3n) is 3.64. The van der Waals surface area contributed by atoms with Gasteiger partial charge in [0.2, 0.25) is 0 Å². The number of hydrogen-bond donors (Lipinski definition) is 0. The van der Waals surface area contributed by atoms with Crippen molar-refractivity contribution in [1.82, 2.24) is 19.7 Å². The molecule has 0 bridgehead atoms. The van der Waals surface area contributed by atoms with Gasteiger partial charge < -0.3 is 0 Å². The molecular weight excluding hydrogens is 260 g/mol. The van der Waals surface area contributed by atoms with Crippen molar-refractivity contribution in [2.24, 2.45) is 0 Å². The lowest BCUT2D eigenvalue weighted by atomic mass is 10.1. The van der Waals surface area contributed by atoms with Crippen LogP contribution in [0, 0.1) is 13.8 Å². The number of aromatic nitrogens is 4. The molecule has 0 saturated heterocycles. The first-order valence-corrected chi connectivity index (χ1v) is 6.90. The van der Waals surface area contributed by atoms with E-state index >= 15 is 0 Å². The summed E-state index contributed by atoms with van der Waals surface area (Å²) in [7, 11) is 0. The Morgan fingerprint density at radius 3 is 2.43 bits per heavy atom. The lowest BCUT2D eigenvalue weighted by molar-refractivity contribution is 0.811. The molecule has 0 radical (unpaired) electrons. The van der Waals surface area contributed by atoms with Crippen molar-refractivity contribution in [3.63, 3.8) is 0 Å². The molecular formula is C17H14N4. The minimum atomic E-state index is 0.825. The van der Waals surface area contributed by atoms with Crippen molar-refractivity contribution >= 4 is 21.8 Å². The second-order valence-corrected chi connectivity index (χ2v) is 5.22. The fourth-order valence-electron chi connectivity index (χ4n) is 2.69. The maximum Gasteiger partial charge on any atom is 0.154 e. The van der Waals surface area contributed by atoms with E-state index in [0.29, 0.717) is 0 Å². The highest BCUT2D eigenvalue weighted by molar-refractivity contribution is 6.02. The molecule has 4 rings (SSSR count). The molecule has 4 aromatic rings. The van der Waals surface area contributed by atoms with Crippen molar-refractivity contribution in [2.75, 3.05) is 0 Å². The smallest absolute Gasteiger partial charge is 0.154 e. The van der Waals surface area contributed by atoms with Crippen LogP contribution in [0.3, 0.4) is 0 Å². The van der Waals surface area contributed by atoms with Crippen LogP contribution in [0.1, 0.15) is 11.4 Å². The van der Waals surface area contributed by atoms with E-state index in [4.69, 9.17) is 4.98 Å². The summed E-state index contributed by atoms with van der Waals surface area (Å²) < 4.78 is 1.87. The summed E-state index contributed by atoms with van der Waals surface area (Å²) >= 11 is 0. The van der Waals surface area contributed by atoms with E-state index in [1.165, 1.54) is 0 Å². The first-order chi connectivity index (χ1) is 10.2. The van der Waals surface area contributed by atoms with Gasteiger partial charge in [0.15, 0.2) is 5.82 Å². The second kappa shape index (κ2) is 4.38. The number of hydrogen-bond acceptors (Lipinski definition) is 3. The molecule has 0 spiro atoms. The molecule has 0 N–H and O–H groups in total. The van der Waals surface area contributed by atoms with Gasteiger partial charge in [-0.25, -0.2) is 9.67 Å². The zero-order chi connectivity index (χ0) is 14.4. The van der Waals surface area contributed by atoms with Crippen molar-refractivity contribution in [3.8, 4) is 5.82 Å². The van der Waals surface area contributed by atoms with Gasteiger partial charge in [-0.3, -0.25) is 4.98 Å². The van der Waals surface area contributed by atoms with Gasteiger partial charge in [0.25, 0.3) is 0 Å². The number of fused-ring (bicyclic) bond motifs is 3. The number of benzene rings is 1. The summed E-state index contributed by atoms with van der Waals surface area (Å²) in [5.74, 6) is 0.825. The first kappa shape index (κ1) is 12.0. The van der Waals surface area contributed by atoms with Gasteiger partial charge in [0.1, 0.15) is 0 Å². The third kappa shape index (κ3) is 1.88. The lowest BCUT2D eigenvalue weighted by Gasteiger charge is -2.07. The Balaban J connectivity index is 2.04. The predicted molar refractivity (Wildman–Crippen MR) is 83.6 cm³/mol. The molecule has 3 heterocycles. The number of aryl methyl sites for hydroxylation is 2. The Labute approximate surface area is 122 Å². The fraction of sp³-hybridized carbons (Fsp3) is 0.118. The van der Waals surface area contributed by atoms with E-state index in [-0.39, 0.29) is 0 Å². The molecule has 4 nitrogen and oxygen atoms in total. The summed E-state index contributed by atoms with van der Waals surface area (Å²) in [5.41, 5.74) is 3.91. The summed E-state index contributed by atoms with van der Waals surface area (Å²) in [6.45, 7) is 4.02. The molecule has 0 amide bonds. The average Bonchev–Trinajstić information content (AvgIpc) is 2.85. The van der Waals surface area contributed by atoms with Gasteiger partial charge in [-0.05, 0) is 38.1 Å². The van der Waals surface area contributed by atoms with Crippen LogP contribution >= 0.6 is 0 Å². The topological polar surface area (TPSA) is 43.6 Å². The molecule has 3 aromatic heterocycles. The lowest BCUT2D eigenvalue weighted by Crippen LogP contribution is -2.02. The highest BCUT2D eigenvalue weighted by atomic mass is 15.3. The third-order valence-corrected chi connectivity index (χ3v) is 3.64. The van der Waals surface area contributed by atoms with Crippen LogP contribution in [0.5, 0.6) is 0 Å². The van der Waals surface area contributed by atoms with E-state index in [2.05, 4.69) is 34.3 Å². The Hall–Kier alpha value is -2.75. The van der Waals surface area contributed by atoms with Gasteiger partial charge >= 0.3 is 0 Å². The highest BCUT2D eigenvalue weighted by Gasteiger charge is 2.08. The average molecular weight is 274 g/mol. The van der Waals surface area contributed by atoms with Crippen LogP contribution in [0.25, 0.3) is 27.6 Å². The summed E-state index contributed by atoms with van der Waals surface area (Å²) in [6, 6.07) is 14.3. The van der Waals surface area contributed by atoms with E-state index < -0.39 is 0 Å². The molecule has 102 valence electrons. The second-order valence-electron chi connectivity index (χ2n) is 5.22. The monoisotopic (exact) mass is 274 g/mol. The molecule has 1 aromatic carbocycles. The minimum absolute atomic E-state index is 0.825. The van der Waals surface area contributed by atoms with Crippen molar-refractivity contribution in [3.05, 3.63) is 60.0 Å². The summed E-state index contributed by atoms with van der Waals surface area (Å²) in [6.07, 6.45) is 1.80. The molecule has 4 heteroatoms. The molecule has 0 fully saturated rings. The maximum atomic E-state index is 4.79. The van der Waals surface area contributed by atoms with E-state index in [1.807, 2.05) is 36.7 Å². The van der Waals surface area contributed by atoms with Crippen molar-refractivity contribution in [1.29, 1.82) is 0 Å². The Bertz CT molecular complexity index is 969. The van der Waals surface area contributed by atoms with Gasteiger partial charge in [-0.2, -0.15) is 5.10 Å². The summed E-state index contributed by atoms with van der Waals surface area (Å²) in [5, 5.41) is 6.69. The Kier molecular flexibility index (Phi) is 2.51. The van der Waals surface area contributed by atoms with Crippen LogP contribution in [-0.2, 0) is 0 Å². The molecule has 0 unspecified atom stereocenters. The SMILES string of the molecule is Cc1cc(C)n(-c2ccc3ccc4cccnc4c3n2)n1. The van der Waals surface area contributed by atoms with Crippen LogP contribution in [0.4, 0.5) is 0 Å². The van der Waals surface area contributed by atoms with Crippen LogP contribution < -0.4 is 0 Å². The molecule has 0 aliphatic rings. The standard InChI is InChI=1S/C17H14N4/c1-11-10-12(2)21(20-11)15-8-7-14-6-5-13-4-3-9-18-16(13)17(14)19-15/h3-10H,1-2H3. The Morgan fingerprint density at radius 2 is 1.67 bits per heavy atom. The molecule has 0 aliphatic carbocycles. The molecule has 0 saturated carbocycles. The number of rotatable bonds is 1. The van der Waals surface area contributed by atoms with Gasteiger partial charge in [-0.1, -0.05) is 18.2 Å². The zero-order valence-electron chi connectivity index (χ0n) is 11.9. The van der Waals surface area contributed by atoms with Gasteiger partial charge in [-0.15, -0.1) is 0 Å². The highest BCUT2D eigenvalue weighted by Crippen LogP contribution is 2.23. The fourth-order valence-corrected chi connectivity index (χ4v) is 2.69. The molecule has 0 atom stereocenters. The normalized spacial score (nSPS) is 11.3. The van der Waals surface area contributed by atoms with Crippen LogP contribution in [-0.4, -0.2) is 19.7 Å². The largest absolute Gasteiger partial charge is 0.254 e. The van der Waals surface area contributed by atoms with E-state index in [9.17, 15) is 0 Å². The first-order valence-electron chi connectivity index (χ1n) is 6.90. The molecule has 21 heavy (non-hydrogen) atoms. The van der Waals surface area contributed by atoms with E-state index in [1.54, 1.807) is 6.20 Å². The van der Waals surface area contributed by atoms with Crippen molar-refractivity contribution < 1.29 is 0 Å². The minimum Gasteiger partial charge on any atom is -0.254 e. The predicted octanol–water partition coefficient (Wildman–Crippen LogP) is 3.59. The van der Waals surface area contributed by atoms with Crippen molar-refractivity contribution in [2.45, 2.75) is 13.8 Å². The number of pyridine rings is 2. The van der Waals surface area contributed by atoms with E-state index in [0.717, 1.165) is 39.0 Å². The number of nitrogens with zero attached hydrogens (tertiary/aromatic N) is 4.